The third kappa shape index (κ3) is 3.27. The van der Waals surface area contributed by atoms with Crippen LogP contribution in [0.4, 0.5) is 4.79 Å². The number of aromatic nitrogens is 1. The number of benzene rings is 1. The average molecular weight is 356 g/mol. The van der Waals surface area contributed by atoms with Crippen LogP contribution in [-0.4, -0.2) is 35.3 Å². The maximum absolute atomic E-state index is 12.0. The number of hydrogen-bond acceptors (Lipinski definition) is 5. The lowest BCUT2D eigenvalue weighted by atomic mass is 10.0. The Morgan fingerprint density at radius 2 is 1.88 bits per heavy atom. The minimum atomic E-state index is -1.42. The standard InChI is InChI=1S/C14H13N3O6.ClH/c1-23-11(13(20)21)8-6-10(12(18)19)17(14(22)16-15)9-5-3-2-4-7(8)9;/h2-6,11H,15H2,1H3,(H2-,16,18,19,20,21,22);1H. The molecule has 0 fully saturated rings. The van der Waals surface area contributed by atoms with Crippen molar-refractivity contribution in [1.29, 1.82) is 0 Å². The summed E-state index contributed by atoms with van der Waals surface area (Å²) in [7, 11) is 1.20. The van der Waals surface area contributed by atoms with E-state index in [4.69, 9.17) is 10.6 Å². The number of carbonyl (C=O) groups excluding carboxylic acids is 1. The predicted molar refractivity (Wildman–Crippen MR) is 76.6 cm³/mol. The molecular weight excluding hydrogens is 342 g/mol. The molecule has 1 amide bonds. The normalized spacial score (nSPS) is 11.4. The number of pyridine rings is 1. The van der Waals surface area contributed by atoms with Crippen molar-refractivity contribution in [3.8, 4) is 0 Å². The van der Waals surface area contributed by atoms with E-state index in [0.29, 0.717) is 5.39 Å². The predicted octanol–water partition coefficient (Wildman–Crippen LogP) is -2.97. The number of carbonyl (C=O) groups is 3. The van der Waals surface area contributed by atoms with Crippen LogP contribution in [-0.2, 0) is 9.53 Å². The number of nitrogens with two attached hydrogens (primary N) is 1. The zero-order valence-electron chi connectivity index (χ0n) is 12.4. The Labute approximate surface area is 142 Å². The van der Waals surface area contributed by atoms with Gasteiger partial charge >= 0.3 is 18.0 Å². The van der Waals surface area contributed by atoms with Gasteiger partial charge in [-0.2, -0.15) is 16.1 Å². The van der Waals surface area contributed by atoms with Gasteiger partial charge in [0.05, 0.1) is 0 Å². The molecule has 0 spiro atoms. The molecule has 0 aliphatic heterocycles. The van der Waals surface area contributed by atoms with Crippen LogP contribution in [0.5, 0.6) is 0 Å². The highest BCUT2D eigenvalue weighted by Gasteiger charge is 2.31. The fourth-order valence-corrected chi connectivity index (χ4v) is 2.35. The van der Waals surface area contributed by atoms with Gasteiger partial charge in [0.1, 0.15) is 5.52 Å². The van der Waals surface area contributed by atoms with E-state index in [2.05, 4.69) is 0 Å². The molecule has 10 heteroatoms. The first kappa shape index (κ1) is 19.3. The molecular formula is C14H14ClN3O6. The maximum Gasteiger partial charge on any atom is 0.515 e. The van der Waals surface area contributed by atoms with Gasteiger partial charge in [0, 0.05) is 24.1 Å². The van der Waals surface area contributed by atoms with Crippen molar-refractivity contribution < 1.29 is 46.3 Å². The molecule has 0 radical (unpaired) electrons. The fraction of sp³-hybridized carbons (Fsp3) is 0.143. The number of ether oxygens (including phenoxy) is 1. The van der Waals surface area contributed by atoms with Crippen LogP contribution in [0.1, 0.15) is 22.2 Å². The molecule has 1 aromatic heterocycles. The quantitative estimate of drug-likeness (QED) is 0.198. The van der Waals surface area contributed by atoms with Crippen molar-refractivity contribution in [3.63, 3.8) is 0 Å². The van der Waals surface area contributed by atoms with E-state index >= 15 is 0 Å². The molecule has 9 nitrogen and oxygen atoms in total. The highest BCUT2D eigenvalue weighted by molar-refractivity contribution is 5.93. The molecule has 1 atom stereocenters. The highest BCUT2D eigenvalue weighted by atomic mass is 35.5. The number of carboxylic acids is 2. The van der Waals surface area contributed by atoms with Crippen molar-refractivity contribution in [2.24, 2.45) is 5.84 Å². The molecule has 1 aromatic carbocycles. The lowest BCUT2D eigenvalue weighted by Gasteiger charge is -2.15. The van der Waals surface area contributed by atoms with Gasteiger partial charge in [0.25, 0.3) is 0 Å². The summed E-state index contributed by atoms with van der Waals surface area (Å²) >= 11 is 0. The zero-order chi connectivity index (χ0) is 17.1. The summed E-state index contributed by atoms with van der Waals surface area (Å²) < 4.78 is 5.80. The lowest BCUT2D eigenvalue weighted by Crippen LogP contribution is -3.00. The number of amides is 1. The van der Waals surface area contributed by atoms with Gasteiger partial charge in [-0.1, -0.05) is 18.2 Å². The maximum atomic E-state index is 12.0. The monoisotopic (exact) mass is 355 g/mol. The lowest BCUT2D eigenvalue weighted by molar-refractivity contribution is -0.547. The SMILES string of the molecule is COC(C(=O)O)c1cc(C(=O)O)[n+](C(=O)NN)c2ccccc12.[Cl-]. The number of aromatic carboxylic acids is 1. The van der Waals surface area contributed by atoms with E-state index in [1.807, 2.05) is 5.43 Å². The minimum absolute atomic E-state index is 0. The summed E-state index contributed by atoms with van der Waals surface area (Å²) in [5.74, 6) is 2.41. The summed E-state index contributed by atoms with van der Waals surface area (Å²) in [5, 5.41) is 19.0. The number of rotatable bonds is 4. The summed E-state index contributed by atoms with van der Waals surface area (Å²) in [4.78, 5) is 34.8. The van der Waals surface area contributed by atoms with Crippen LogP contribution in [0.2, 0.25) is 0 Å². The number of nitrogen functional groups attached to an aromatic ring is 1. The van der Waals surface area contributed by atoms with Crippen molar-refractivity contribution in [1.82, 2.24) is 5.43 Å². The van der Waals surface area contributed by atoms with E-state index in [9.17, 15) is 24.6 Å². The van der Waals surface area contributed by atoms with Crippen LogP contribution >= 0.6 is 0 Å². The molecule has 5 N–H and O–H groups in total. The Hall–Kier alpha value is -2.75. The van der Waals surface area contributed by atoms with E-state index in [0.717, 1.165) is 10.6 Å². The molecule has 0 aliphatic rings. The molecule has 0 saturated carbocycles. The molecule has 128 valence electrons. The number of hydrazine groups is 1. The van der Waals surface area contributed by atoms with Crippen LogP contribution in [0.3, 0.4) is 0 Å². The molecule has 2 aromatic rings. The summed E-state index contributed by atoms with van der Waals surface area (Å²) in [5.41, 5.74) is 1.74. The number of carboxylic acid groups (broad SMARTS) is 2. The second kappa shape index (κ2) is 7.68. The smallest absolute Gasteiger partial charge is 0.515 e. The number of aliphatic carboxylic acids is 1. The molecule has 24 heavy (non-hydrogen) atoms. The number of nitrogens with zero attached hydrogens (tertiary/aromatic N) is 1. The van der Waals surface area contributed by atoms with Crippen LogP contribution < -0.4 is 28.2 Å². The van der Waals surface area contributed by atoms with Crippen LogP contribution in [0, 0.1) is 0 Å². The van der Waals surface area contributed by atoms with Crippen molar-refractivity contribution in [3.05, 3.63) is 41.6 Å². The van der Waals surface area contributed by atoms with E-state index < -0.39 is 29.8 Å². The number of methoxy groups -OCH3 is 1. The third-order valence-electron chi connectivity index (χ3n) is 3.28. The number of hydrogen-bond donors (Lipinski definition) is 4. The van der Waals surface area contributed by atoms with Gasteiger partial charge < -0.3 is 27.4 Å². The Kier molecular flexibility index (Phi) is 6.18. The summed E-state index contributed by atoms with van der Waals surface area (Å²) in [6, 6.07) is 6.48. The zero-order valence-corrected chi connectivity index (χ0v) is 13.1. The topological polar surface area (TPSA) is 143 Å². The van der Waals surface area contributed by atoms with Crippen LogP contribution in [0.25, 0.3) is 10.9 Å². The second-order valence-corrected chi connectivity index (χ2v) is 4.55. The van der Waals surface area contributed by atoms with Gasteiger partial charge in [-0.05, 0) is 6.07 Å². The Bertz CT molecular complexity index is 810. The Morgan fingerprint density at radius 1 is 1.25 bits per heavy atom. The first-order chi connectivity index (χ1) is 10.9. The molecule has 0 aliphatic carbocycles. The van der Waals surface area contributed by atoms with Crippen molar-refractivity contribution >= 4 is 28.9 Å². The average Bonchev–Trinajstić information content (AvgIpc) is 2.53. The third-order valence-corrected chi connectivity index (χ3v) is 3.28. The van der Waals surface area contributed by atoms with E-state index in [1.54, 1.807) is 18.2 Å². The molecule has 1 unspecified atom stereocenters. The first-order valence-corrected chi connectivity index (χ1v) is 6.40. The molecule has 1 heterocycles. The number of nitrogens with one attached hydrogen (secondary N) is 1. The summed E-state index contributed by atoms with van der Waals surface area (Å²) in [6.45, 7) is 0. The van der Waals surface area contributed by atoms with Gasteiger partial charge in [-0.15, -0.1) is 4.57 Å². The van der Waals surface area contributed by atoms with E-state index in [-0.39, 0.29) is 23.5 Å². The highest BCUT2D eigenvalue weighted by Crippen LogP contribution is 2.26. The van der Waals surface area contributed by atoms with Gasteiger partial charge in [0.15, 0.2) is 6.10 Å². The number of para-hydroxylation sites is 1. The molecule has 0 bridgehead atoms. The van der Waals surface area contributed by atoms with Crippen molar-refractivity contribution in [2.75, 3.05) is 7.11 Å². The van der Waals surface area contributed by atoms with Gasteiger partial charge in [-0.25, -0.2) is 9.59 Å². The van der Waals surface area contributed by atoms with Crippen LogP contribution in [0.15, 0.2) is 30.3 Å². The first-order valence-electron chi connectivity index (χ1n) is 6.40. The second-order valence-electron chi connectivity index (χ2n) is 4.55. The Morgan fingerprint density at radius 3 is 2.38 bits per heavy atom. The van der Waals surface area contributed by atoms with Crippen molar-refractivity contribution in [2.45, 2.75) is 6.10 Å². The molecule has 0 saturated heterocycles. The minimum Gasteiger partial charge on any atom is -1.00 e. The van der Waals surface area contributed by atoms with Gasteiger partial charge in [-0.3, -0.25) is 0 Å². The Balaban J connectivity index is 0.00000288. The molecule has 2 rings (SSSR count). The fourth-order valence-electron chi connectivity index (χ4n) is 2.35. The largest absolute Gasteiger partial charge is 1.00 e. The number of fused-ring (bicyclic) bond motifs is 1. The van der Waals surface area contributed by atoms with Gasteiger partial charge in [0.2, 0.25) is 5.69 Å². The van der Waals surface area contributed by atoms with E-state index in [1.165, 1.54) is 13.2 Å². The number of halogens is 1. The summed E-state index contributed by atoms with van der Waals surface area (Å²) in [6.07, 6.45) is -1.38.